The minimum Gasteiger partial charge on any atom is -0.378 e. The van der Waals surface area contributed by atoms with E-state index in [1.165, 1.54) is 6.07 Å². The number of rotatable bonds is 3. The number of alkyl halides is 2. The third-order valence-corrected chi connectivity index (χ3v) is 3.89. The van der Waals surface area contributed by atoms with Crippen molar-refractivity contribution in [2.75, 3.05) is 26.3 Å². The molecule has 0 bridgehead atoms. The fraction of sp³-hybridized carbons (Fsp3) is 0.500. The van der Waals surface area contributed by atoms with Crippen LogP contribution >= 0.6 is 23.2 Å². The van der Waals surface area contributed by atoms with E-state index < -0.39 is 10.9 Å². The third kappa shape index (κ3) is 4.22. The predicted molar refractivity (Wildman–Crippen MR) is 80.3 cm³/mol. The lowest BCUT2D eigenvalue weighted by Crippen LogP contribution is -2.48. The lowest BCUT2D eigenvalue weighted by atomic mass is 10.1. The molecule has 0 aliphatic carbocycles. The number of carbonyl (C=O) groups excluding carboxylic acids is 1. The van der Waals surface area contributed by atoms with Gasteiger partial charge in [-0.15, -0.1) is 23.2 Å². The number of carbonyl (C=O) groups is 1. The van der Waals surface area contributed by atoms with Gasteiger partial charge in [-0.2, -0.15) is 0 Å². The average molecular weight is 335 g/mol. The van der Waals surface area contributed by atoms with Crippen LogP contribution in [-0.2, 0) is 4.74 Å². The molecule has 0 spiro atoms. The lowest BCUT2D eigenvalue weighted by molar-refractivity contribution is 0.0526. The molecule has 7 heteroatoms. The van der Waals surface area contributed by atoms with Crippen LogP contribution < -0.4 is 5.32 Å². The summed E-state index contributed by atoms with van der Waals surface area (Å²) in [7, 11) is 0. The summed E-state index contributed by atoms with van der Waals surface area (Å²) >= 11 is 11.9. The molecular formula is C14H17Cl2FN2O2. The van der Waals surface area contributed by atoms with E-state index in [9.17, 15) is 9.18 Å². The third-order valence-electron chi connectivity index (χ3n) is 3.38. The summed E-state index contributed by atoms with van der Waals surface area (Å²) in [5.74, 6) is -0.355. The molecule has 116 valence electrons. The van der Waals surface area contributed by atoms with Crippen molar-refractivity contribution >= 4 is 29.2 Å². The number of ether oxygens (including phenoxy) is 1. The van der Waals surface area contributed by atoms with Gasteiger partial charge >= 0.3 is 6.03 Å². The van der Waals surface area contributed by atoms with Gasteiger partial charge in [-0.3, -0.25) is 0 Å². The van der Waals surface area contributed by atoms with Crippen LogP contribution in [0.4, 0.5) is 9.18 Å². The van der Waals surface area contributed by atoms with Gasteiger partial charge in [0.2, 0.25) is 0 Å². The zero-order valence-corrected chi connectivity index (χ0v) is 13.1. The molecule has 0 radical (unpaired) electrons. The van der Waals surface area contributed by atoms with Crippen LogP contribution in [0.3, 0.4) is 0 Å². The highest BCUT2D eigenvalue weighted by Gasteiger charge is 2.25. The molecule has 1 saturated heterocycles. The van der Waals surface area contributed by atoms with Crippen molar-refractivity contribution in [1.29, 1.82) is 0 Å². The first-order valence-electron chi connectivity index (χ1n) is 6.66. The zero-order chi connectivity index (χ0) is 15.4. The quantitative estimate of drug-likeness (QED) is 0.863. The van der Waals surface area contributed by atoms with Crippen LogP contribution in [0.15, 0.2) is 18.2 Å². The molecule has 1 aliphatic heterocycles. The maximum Gasteiger partial charge on any atom is 0.318 e. The van der Waals surface area contributed by atoms with Gasteiger partial charge in [0.15, 0.2) is 0 Å². The van der Waals surface area contributed by atoms with Crippen molar-refractivity contribution in [3.63, 3.8) is 0 Å². The van der Waals surface area contributed by atoms with Crippen LogP contribution in [0.2, 0.25) is 0 Å². The molecule has 21 heavy (non-hydrogen) atoms. The number of benzene rings is 1. The van der Waals surface area contributed by atoms with Gasteiger partial charge in [0.25, 0.3) is 0 Å². The van der Waals surface area contributed by atoms with E-state index in [0.717, 1.165) is 0 Å². The van der Waals surface area contributed by atoms with Crippen LogP contribution in [-0.4, -0.2) is 42.1 Å². The fourth-order valence-corrected chi connectivity index (χ4v) is 2.50. The Hall–Kier alpha value is -1.04. The van der Waals surface area contributed by atoms with Crippen molar-refractivity contribution in [3.8, 4) is 0 Å². The maximum absolute atomic E-state index is 13.7. The number of aryl methyl sites for hydroxylation is 1. The van der Waals surface area contributed by atoms with Gasteiger partial charge in [0, 0.05) is 13.1 Å². The molecule has 1 heterocycles. The minimum absolute atomic E-state index is 0.282. The summed E-state index contributed by atoms with van der Waals surface area (Å²) in [4.78, 5) is 12.9. The predicted octanol–water partition coefficient (Wildman–Crippen LogP) is 3.02. The van der Waals surface area contributed by atoms with E-state index in [4.69, 9.17) is 27.9 Å². The van der Waals surface area contributed by atoms with E-state index in [-0.39, 0.29) is 11.8 Å². The number of morpholine rings is 1. The molecule has 2 rings (SSSR count). The van der Waals surface area contributed by atoms with Crippen molar-refractivity contribution in [2.24, 2.45) is 0 Å². The summed E-state index contributed by atoms with van der Waals surface area (Å²) in [6.07, 6.45) is 0. The SMILES string of the molecule is Cc1ccc([C@@H](NC(=O)N2CCOCC2)C(Cl)Cl)cc1F. The van der Waals surface area contributed by atoms with Crippen molar-refractivity contribution in [2.45, 2.75) is 17.8 Å². The number of hydrogen-bond acceptors (Lipinski definition) is 2. The number of halogens is 3. The molecule has 1 aliphatic rings. The first-order chi connectivity index (χ1) is 9.99. The molecule has 0 unspecified atom stereocenters. The summed E-state index contributed by atoms with van der Waals surface area (Å²) in [6, 6.07) is 3.74. The monoisotopic (exact) mass is 334 g/mol. The van der Waals surface area contributed by atoms with Crippen molar-refractivity contribution in [3.05, 3.63) is 35.1 Å². The second-order valence-electron chi connectivity index (χ2n) is 4.87. The van der Waals surface area contributed by atoms with E-state index >= 15 is 0 Å². The highest BCUT2D eigenvalue weighted by atomic mass is 35.5. The van der Waals surface area contributed by atoms with E-state index in [1.54, 1.807) is 24.0 Å². The number of urea groups is 1. The Morgan fingerprint density at radius 3 is 2.62 bits per heavy atom. The Bertz CT molecular complexity index is 508. The van der Waals surface area contributed by atoms with Gasteiger partial charge in [0.05, 0.1) is 19.3 Å². The van der Waals surface area contributed by atoms with Gasteiger partial charge in [-0.05, 0) is 24.1 Å². The molecule has 0 saturated carbocycles. The highest BCUT2D eigenvalue weighted by molar-refractivity contribution is 6.44. The molecule has 1 fully saturated rings. The molecule has 2 amide bonds. The Labute approximate surface area is 133 Å². The molecule has 1 aromatic carbocycles. The Balaban J connectivity index is 2.11. The largest absolute Gasteiger partial charge is 0.378 e. The Morgan fingerprint density at radius 2 is 2.05 bits per heavy atom. The first kappa shape index (κ1) is 16.3. The average Bonchev–Trinajstić information content (AvgIpc) is 2.48. The minimum atomic E-state index is -0.878. The van der Waals surface area contributed by atoms with Gasteiger partial charge in [-0.25, -0.2) is 9.18 Å². The summed E-state index contributed by atoms with van der Waals surface area (Å²) in [5, 5.41) is 2.75. The highest BCUT2D eigenvalue weighted by Crippen LogP contribution is 2.26. The van der Waals surface area contributed by atoms with Crippen molar-refractivity contribution < 1.29 is 13.9 Å². The second-order valence-corrected chi connectivity index (χ2v) is 6.03. The van der Waals surface area contributed by atoms with E-state index in [1.807, 2.05) is 0 Å². The number of nitrogens with one attached hydrogen (secondary N) is 1. The number of nitrogens with zero attached hydrogens (tertiary/aromatic N) is 1. The summed E-state index contributed by atoms with van der Waals surface area (Å²) < 4.78 is 18.9. The molecule has 4 nitrogen and oxygen atoms in total. The van der Waals surface area contributed by atoms with Crippen LogP contribution in [0.5, 0.6) is 0 Å². The van der Waals surface area contributed by atoms with E-state index in [2.05, 4.69) is 5.32 Å². The lowest BCUT2D eigenvalue weighted by Gasteiger charge is -2.30. The Kier molecular flexibility index (Phi) is 5.67. The molecule has 0 aromatic heterocycles. The maximum atomic E-state index is 13.7. The molecular weight excluding hydrogens is 318 g/mol. The standard InChI is InChI=1S/C14H17Cl2FN2O2/c1-9-2-3-10(8-11(9)17)12(13(15)16)18-14(20)19-4-6-21-7-5-19/h2-3,8,12-13H,4-7H2,1H3,(H,18,20)/t12-/m1/s1. The number of hydrogen-bond donors (Lipinski definition) is 1. The van der Waals surface area contributed by atoms with Gasteiger partial charge < -0.3 is 15.0 Å². The fourth-order valence-electron chi connectivity index (χ4n) is 2.09. The summed E-state index contributed by atoms with van der Waals surface area (Å²) in [5.41, 5.74) is 1.06. The smallest absolute Gasteiger partial charge is 0.318 e. The second kappa shape index (κ2) is 7.29. The first-order valence-corrected chi connectivity index (χ1v) is 7.53. The summed E-state index contributed by atoms with van der Waals surface area (Å²) in [6.45, 7) is 3.69. The molecule has 1 aromatic rings. The number of amides is 2. The zero-order valence-electron chi connectivity index (χ0n) is 11.6. The van der Waals surface area contributed by atoms with E-state index in [0.29, 0.717) is 37.4 Å². The Morgan fingerprint density at radius 1 is 1.38 bits per heavy atom. The van der Waals surface area contributed by atoms with Crippen LogP contribution in [0.1, 0.15) is 17.2 Å². The van der Waals surface area contributed by atoms with Crippen molar-refractivity contribution in [1.82, 2.24) is 10.2 Å². The van der Waals surface area contributed by atoms with Gasteiger partial charge in [-0.1, -0.05) is 12.1 Å². The van der Waals surface area contributed by atoms with Crippen LogP contribution in [0.25, 0.3) is 0 Å². The van der Waals surface area contributed by atoms with Gasteiger partial charge in [0.1, 0.15) is 10.7 Å². The molecule has 1 N–H and O–H groups in total. The van der Waals surface area contributed by atoms with Crippen LogP contribution in [0, 0.1) is 12.7 Å². The normalized spacial score (nSPS) is 16.9. The molecule has 1 atom stereocenters. The topological polar surface area (TPSA) is 41.6 Å².